The average molecular weight is 871 g/mol. The number of aromatic nitrogens is 2. The van der Waals surface area contributed by atoms with Gasteiger partial charge < -0.3 is 13.6 Å². The lowest BCUT2D eigenvalue weighted by atomic mass is 9.94. The zero-order valence-electron chi connectivity index (χ0n) is 37.3. The van der Waals surface area contributed by atoms with Crippen molar-refractivity contribution in [3.05, 3.63) is 235 Å². The van der Waals surface area contributed by atoms with Gasteiger partial charge in [0.1, 0.15) is 11.2 Å². The molecule has 1 aliphatic heterocycles. The van der Waals surface area contributed by atoms with Crippen LogP contribution in [0.1, 0.15) is 36.5 Å². The van der Waals surface area contributed by atoms with E-state index in [4.69, 9.17) is 14.4 Å². The number of allylic oxidation sites excluding steroid dienone is 1. The quantitative estimate of drug-likeness (QED) is 0.170. The summed E-state index contributed by atoms with van der Waals surface area (Å²) in [6, 6.07) is 76.2. The summed E-state index contributed by atoms with van der Waals surface area (Å²) in [5.41, 5.74) is 14.7. The largest absolute Gasteiger partial charge is 0.456 e. The third kappa shape index (κ3) is 5.89. The topological polar surface area (TPSA) is 47.7 Å². The number of hydrogen-bond acceptors (Lipinski definition) is 3. The van der Waals surface area contributed by atoms with Gasteiger partial charge in [0, 0.05) is 49.3 Å². The highest BCUT2D eigenvalue weighted by Crippen LogP contribution is 2.43. The molecule has 5 nitrogen and oxygen atoms in total. The molecule has 0 bridgehead atoms. The van der Waals surface area contributed by atoms with Gasteiger partial charge in [0.25, 0.3) is 0 Å². The molecule has 0 saturated carbocycles. The highest BCUT2D eigenvalue weighted by Gasteiger charge is 2.25. The second-order valence-electron chi connectivity index (χ2n) is 18.1. The molecule has 3 aromatic heterocycles. The normalized spacial score (nSPS) is 14.7. The molecule has 0 radical (unpaired) electrons. The van der Waals surface area contributed by atoms with Crippen molar-refractivity contribution in [3.63, 3.8) is 0 Å². The zero-order valence-corrected chi connectivity index (χ0v) is 37.3. The van der Waals surface area contributed by atoms with Crippen molar-refractivity contribution >= 4 is 104 Å². The van der Waals surface area contributed by atoms with E-state index in [2.05, 4.69) is 228 Å². The number of amidine groups is 1. The number of para-hydroxylation sites is 4. The van der Waals surface area contributed by atoms with Crippen LogP contribution in [0.25, 0.3) is 104 Å². The number of aliphatic imine (C=N–C) groups is 2. The Labute approximate surface area is 391 Å². The lowest BCUT2D eigenvalue weighted by Gasteiger charge is -2.19. The fraction of sp³-hybridized carbons (Fsp3) is 0.0476. The van der Waals surface area contributed by atoms with Crippen LogP contribution >= 0.6 is 0 Å². The first kappa shape index (κ1) is 38.5. The van der Waals surface area contributed by atoms with E-state index in [1.54, 1.807) is 0 Å². The monoisotopic (exact) mass is 870 g/mol. The molecule has 4 heterocycles. The first-order valence-corrected chi connectivity index (χ1v) is 23.4. The van der Waals surface area contributed by atoms with Crippen molar-refractivity contribution in [1.29, 1.82) is 0 Å². The van der Waals surface area contributed by atoms with E-state index in [9.17, 15) is 0 Å². The Hall–Kier alpha value is -8.80. The van der Waals surface area contributed by atoms with E-state index in [1.165, 1.54) is 43.4 Å². The predicted octanol–water partition coefficient (Wildman–Crippen LogP) is 16.5. The second-order valence-corrected chi connectivity index (χ2v) is 18.1. The molecule has 0 unspecified atom stereocenters. The molecule has 0 spiro atoms. The van der Waals surface area contributed by atoms with E-state index >= 15 is 0 Å². The van der Waals surface area contributed by atoms with Crippen LogP contribution in [0.15, 0.2) is 232 Å². The molecular formula is C63H42N4O. The van der Waals surface area contributed by atoms with Crippen LogP contribution in [0.2, 0.25) is 0 Å². The molecule has 14 rings (SSSR count). The number of rotatable bonds is 5. The summed E-state index contributed by atoms with van der Waals surface area (Å²) >= 11 is 0. The molecule has 0 N–H and O–H groups in total. The van der Waals surface area contributed by atoms with Gasteiger partial charge in [-0.05, 0) is 108 Å². The van der Waals surface area contributed by atoms with Crippen LogP contribution in [0.5, 0.6) is 0 Å². The minimum Gasteiger partial charge on any atom is -0.456 e. The Morgan fingerprint density at radius 3 is 1.88 bits per heavy atom. The first-order chi connectivity index (χ1) is 33.6. The summed E-state index contributed by atoms with van der Waals surface area (Å²) in [5.74, 6) is 0.684. The molecule has 10 aromatic carbocycles. The Morgan fingerprint density at radius 2 is 1.04 bits per heavy atom. The Balaban J connectivity index is 1.04. The van der Waals surface area contributed by atoms with Gasteiger partial charge in [-0.3, -0.25) is 0 Å². The van der Waals surface area contributed by atoms with Crippen LogP contribution < -0.4 is 0 Å². The number of furan rings is 1. The minimum atomic E-state index is 0.684. The van der Waals surface area contributed by atoms with E-state index in [-0.39, 0.29) is 0 Å². The van der Waals surface area contributed by atoms with Gasteiger partial charge in [0.15, 0.2) is 5.84 Å². The molecule has 5 heteroatoms. The van der Waals surface area contributed by atoms with Gasteiger partial charge in [-0.2, -0.15) is 0 Å². The summed E-state index contributed by atoms with van der Waals surface area (Å²) in [6.45, 7) is 2.25. The van der Waals surface area contributed by atoms with Crippen LogP contribution in [-0.4, -0.2) is 20.7 Å². The van der Waals surface area contributed by atoms with Crippen LogP contribution in [0.4, 0.5) is 0 Å². The van der Waals surface area contributed by atoms with Crippen LogP contribution in [0, 0.1) is 0 Å². The number of fused-ring (bicyclic) bond motifs is 11. The maximum Gasteiger partial charge on any atom is 0.160 e. The lowest BCUT2D eigenvalue weighted by Crippen LogP contribution is -2.11. The minimum absolute atomic E-state index is 0.684. The molecular weight excluding hydrogens is 829 g/mol. The summed E-state index contributed by atoms with van der Waals surface area (Å²) in [7, 11) is 0. The van der Waals surface area contributed by atoms with E-state index in [1.807, 2.05) is 0 Å². The van der Waals surface area contributed by atoms with E-state index < -0.39 is 0 Å². The van der Waals surface area contributed by atoms with Crippen molar-refractivity contribution in [2.45, 2.75) is 19.8 Å². The SMILES string of the molecule is C/C1=C(/c2cc(-n3c4ccccc4c4cc5ccccc5cc43)c3c(c2)oc2ccccc23)N=C(c2cccc3ccccc23)N=C(c2cccc3c2c2ccccc2n3-c2ccccc2)CC1. The number of benzene rings is 10. The highest BCUT2D eigenvalue weighted by molar-refractivity contribution is 6.25. The molecule has 68 heavy (non-hydrogen) atoms. The third-order valence-corrected chi connectivity index (χ3v) is 14.2. The molecule has 0 aliphatic carbocycles. The lowest BCUT2D eigenvalue weighted by molar-refractivity contribution is 0.668. The van der Waals surface area contributed by atoms with Crippen molar-refractivity contribution in [1.82, 2.24) is 9.13 Å². The first-order valence-electron chi connectivity index (χ1n) is 23.4. The molecule has 0 amide bonds. The number of nitrogens with zero attached hydrogens (tertiary/aromatic N) is 4. The molecule has 0 saturated heterocycles. The van der Waals surface area contributed by atoms with Crippen molar-refractivity contribution < 1.29 is 4.42 Å². The molecule has 0 atom stereocenters. The van der Waals surface area contributed by atoms with Gasteiger partial charge in [0.05, 0.1) is 44.5 Å². The fourth-order valence-corrected chi connectivity index (χ4v) is 11.1. The molecule has 1 aliphatic rings. The van der Waals surface area contributed by atoms with Crippen LogP contribution in [0.3, 0.4) is 0 Å². The van der Waals surface area contributed by atoms with Gasteiger partial charge in [-0.15, -0.1) is 0 Å². The van der Waals surface area contributed by atoms with Crippen molar-refractivity contribution in [2.24, 2.45) is 9.98 Å². The Kier molecular flexibility index (Phi) is 8.56. The van der Waals surface area contributed by atoms with Gasteiger partial charge >= 0.3 is 0 Å². The van der Waals surface area contributed by atoms with Gasteiger partial charge in [-0.1, -0.05) is 152 Å². The summed E-state index contributed by atoms with van der Waals surface area (Å²) < 4.78 is 11.7. The average Bonchev–Trinajstić information content (AvgIpc) is 4.04. The standard InChI is InChI=1S/C63H42N4O/c1-39-33-34-52(48-28-16-31-55-60(48)49-25-10-13-30-54(49)66(55)44-21-3-2-4-22-44)64-63(47-27-15-20-40-17-7-8-23-45(40)47)65-62(39)43-37-57(61-50-26-11-14-32-58(50)68-59(61)38-43)67-53-29-12-9-24-46(53)51-35-41-18-5-6-19-42(41)36-56(51)67/h2-32,35-38H,33-34H2,1H3/b62-39+,64-52?,65-63?. The summed E-state index contributed by atoms with van der Waals surface area (Å²) in [6.07, 6.45) is 1.49. The Morgan fingerprint density at radius 1 is 0.412 bits per heavy atom. The van der Waals surface area contributed by atoms with Gasteiger partial charge in [0.2, 0.25) is 0 Å². The summed E-state index contributed by atoms with van der Waals surface area (Å²) in [5, 5.41) is 11.7. The third-order valence-electron chi connectivity index (χ3n) is 14.2. The second kappa shape index (κ2) is 15.1. The zero-order chi connectivity index (χ0) is 44.9. The van der Waals surface area contributed by atoms with Crippen molar-refractivity contribution in [3.8, 4) is 11.4 Å². The highest BCUT2D eigenvalue weighted by atomic mass is 16.3. The molecule has 320 valence electrons. The maximum absolute atomic E-state index is 6.85. The van der Waals surface area contributed by atoms with Crippen LogP contribution in [-0.2, 0) is 0 Å². The summed E-state index contributed by atoms with van der Waals surface area (Å²) in [4.78, 5) is 11.5. The van der Waals surface area contributed by atoms with E-state index in [0.717, 1.165) is 102 Å². The molecule has 13 aromatic rings. The fourth-order valence-electron chi connectivity index (χ4n) is 11.1. The smallest absolute Gasteiger partial charge is 0.160 e. The van der Waals surface area contributed by atoms with Gasteiger partial charge in [-0.25, -0.2) is 9.98 Å². The van der Waals surface area contributed by atoms with Crippen molar-refractivity contribution in [2.75, 3.05) is 0 Å². The Bertz CT molecular complexity index is 4320. The number of hydrogen-bond donors (Lipinski definition) is 0. The van der Waals surface area contributed by atoms with E-state index in [0.29, 0.717) is 5.84 Å². The predicted molar refractivity (Wildman–Crippen MR) is 285 cm³/mol. The maximum atomic E-state index is 6.85. The molecule has 0 fully saturated rings.